The minimum atomic E-state index is -0.560. The first-order valence-electron chi connectivity index (χ1n) is 15.1. The monoisotopic (exact) mass is 641 g/mol. The predicted molar refractivity (Wildman–Crippen MR) is 180 cm³/mol. The molecule has 3 aromatic rings. The highest BCUT2D eigenvalue weighted by Gasteiger charge is 2.09. The van der Waals surface area contributed by atoms with Crippen LogP contribution in [0.15, 0.2) is 103 Å². The number of aliphatic imine (C=N–C) groups is 1. The summed E-state index contributed by atoms with van der Waals surface area (Å²) in [5.74, 6) is 0.643. The topological polar surface area (TPSA) is 119 Å². The molecule has 0 aromatic heterocycles. The SMILES string of the molecule is C=CC(=O)OCCCCOc1ccc(/C=C/C(=O)Oc2ccc(/N=C/c3ccc(OCCCCOC(=O)C=C)cc3)cc2OC)cc1. The highest BCUT2D eigenvalue weighted by atomic mass is 16.6. The fourth-order valence-electron chi connectivity index (χ4n) is 3.85. The van der Waals surface area contributed by atoms with E-state index in [-0.39, 0.29) is 5.75 Å². The number of ether oxygens (including phenoxy) is 6. The zero-order chi connectivity index (χ0) is 33.7. The molecule has 10 nitrogen and oxygen atoms in total. The number of rotatable bonds is 20. The molecule has 3 rings (SSSR count). The molecule has 0 heterocycles. The van der Waals surface area contributed by atoms with E-state index in [4.69, 9.17) is 28.4 Å². The van der Waals surface area contributed by atoms with E-state index in [0.29, 0.717) is 56.5 Å². The van der Waals surface area contributed by atoms with Crippen LogP contribution in [0.4, 0.5) is 5.69 Å². The molecule has 0 aliphatic heterocycles. The predicted octanol–water partition coefficient (Wildman–Crippen LogP) is 6.84. The number of carbonyl (C=O) groups is 3. The number of benzene rings is 3. The van der Waals surface area contributed by atoms with Crippen LogP contribution in [-0.4, -0.2) is 57.7 Å². The van der Waals surface area contributed by atoms with E-state index in [1.54, 1.807) is 30.5 Å². The van der Waals surface area contributed by atoms with Crippen molar-refractivity contribution in [3.8, 4) is 23.0 Å². The molecule has 0 fully saturated rings. The summed E-state index contributed by atoms with van der Waals surface area (Å²) in [7, 11) is 1.49. The summed E-state index contributed by atoms with van der Waals surface area (Å²) in [5, 5.41) is 0. The van der Waals surface area contributed by atoms with E-state index in [1.807, 2.05) is 48.5 Å². The first kappa shape index (κ1) is 35.8. The largest absolute Gasteiger partial charge is 0.494 e. The van der Waals surface area contributed by atoms with Crippen LogP contribution in [0.3, 0.4) is 0 Å². The molecule has 0 unspecified atom stereocenters. The molecule has 0 atom stereocenters. The molecule has 3 aromatic carbocycles. The van der Waals surface area contributed by atoms with Crippen molar-refractivity contribution < 1.29 is 42.8 Å². The lowest BCUT2D eigenvalue weighted by Gasteiger charge is -2.09. The first-order valence-corrected chi connectivity index (χ1v) is 15.1. The number of methoxy groups -OCH3 is 1. The van der Waals surface area contributed by atoms with Crippen molar-refractivity contribution in [3.63, 3.8) is 0 Å². The van der Waals surface area contributed by atoms with Crippen molar-refractivity contribution in [1.82, 2.24) is 0 Å². The van der Waals surface area contributed by atoms with Crippen molar-refractivity contribution >= 4 is 35.9 Å². The standard InChI is InChI=1S/C37H39NO9/c1-4-35(39)45-24-8-6-22-43-31-16-10-28(11-17-31)14-21-37(41)47-33-20-15-30(26-34(33)42-3)38-27-29-12-18-32(19-13-29)44-23-7-9-25-46-36(40)5-2/h4-5,10-21,26-27H,1-2,6-9,22-25H2,3H3/b21-14+,38-27+. The Bertz CT molecular complexity index is 1530. The molecule has 0 spiro atoms. The van der Waals surface area contributed by atoms with Gasteiger partial charge in [0.05, 0.1) is 39.2 Å². The van der Waals surface area contributed by atoms with Crippen LogP contribution in [0.1, 0.15) is 36.8 Å². The van der Waals surface area contributed by atoms with Gasteiger partial charge in [0.2, 0.25) is 0 Å². The average Bonchev–Trinajstić information content (AvgIpc) is 3.10. The Morgan fingerprint density at radius 3 is 1.72 bits per heavy atom. The lowest BCUT2D eigenvalue weighted by atomic mass is 10.2. The molecule has 0 amide bonds. The third kappa shape index (κ3) is 13.9. The van der Waals surface area contributed by atoms with Crippen molar-refractivity contribution in [3.05, 3.63) is 109 Å². The van der Waals surface area contributed by atoms with E-state index in [9.17, 15) is 14.4 Å². The summed E-state index contributed by atoms with van der Waals surface area (Å²) in [4.78, 5) is 39.0. The van der Waals surface area contributed by atoms with Gasteiger partial charge in [0.15, 0.2) is 11.5 Å². The minimum absolute atomic E-state index is 0.268. The third-order valence-electron chi connectivity index (χ3n) is 6.33. The normalized spacial score (nSPS) is 10.7. The molecule has 0 saturated heterocycles. The number of nitrogens with zero attached hydrogens (tertiary/aromatic N) is 1. The highest BCUT2D eigenvalue weighted by molar-refractivity contribution is 5.89. The Hall–Kier alpha value is -5.64. The van der Waals surface area contributed by atoms with Gasteiger partial charge >= 0.3 is 17.9 Å². The zero-order valence-corrected chi connectivity index (χ0v) is 26.4. The van der Waals surface area contributed by atoms with Crippen LogP contribution in [0.5, 0.6) is 23.0 Å². The van der Waals surface area contributed by atoms with Gasteiger partial charge in [-0.3, -0.25) is 4.99 Å². The molecular weight excluding hydrogens is 602 g/mol. The molecule has 10 heteroatoms. The van der Waals surface area contributed by atoms with Gasteiger partial charge in [-0.2, -0.15) is 0 Å². The second kappa shape index (κ2) is 20.4. The maximum Gasteiger partial charge on any atom is 0.336 e. The Labute approximate surface area is 274 Å². The molecule has 0 radical (unpaired) electrons. The number of unbranched alkanes of at least 4 members (excludes halogenated alkanes) is 2. The van der Waals surface area contributed by atoms with Crippen molar-refractivity contribution in [2.45, 2.75) is 25.7 Å². The van der Waals surface area contributed by atoms with Crippen molar-refractivity contribution in [1.29, 1.82) is 0 Å². The fourth-order valence-corrected chi connectivity index (χ4v) is 3.85. The van der Waals surface area contributed by atoms with Gasteiger partial charge in [-0.05, 0) is 91.4 Å². The van der Waals surface area contributed by atoms with Crippen LogP contribution >= 0.6 is 0 Å². The van der Waals surface area contributed by atoms with Gasteiger partial charge in [-0.15, -0.1) is 0 Å². The highest BCUT2D eigenvalue weighted by Crippen LogP contribution is 2.31. The van der Waals surface area contributed by atoms with E-state index >= 15 is 0 Å². The van der Waals surface area contributed by atoms with Gasteiger partial charge in [-0.25, -0.2) is 14.4 Å². The van der Waals surface area contributed by atoms with Gasteiger partial charge in [-0.1, -0.05) is 25.3 Å². The van der Waals surface area contributed by atoms with E-state index < -0.39 is 17.9 Å². The second-order valence-corrected chi connectivity index (χ2v) is 9.84. The number of esters is 3. The van der Waals surface area contributed by atoms with Gasteiger partial charge in [0.1, 0.15) is 11.5 Å². The summed E-state index contributed by atoms with van der Waals surface area (Å²) in [6.45, 7) is 8.37. The van der Waals surface area contributed by atoms with E-state index in [0.717, 1.165) is 41.9 Å². The number of hydrogen-bond acceptors (Lipinski definition) is 10. The molecular formula is C37H39NO9. The fraction of sp³-hybridized carbons (Fsp3) is 0.243. The molecule has 47 heavy (non-hydrogen) atoms. The van der Waals surface area contributed by atoms with E-state index in [1.165, 1.54) is 13.2 Å². The van der Waals surface area contributed by atoms with Crippen LogP contribution in [0.25, 0.3) is 6.08 Å². The zero-order valence-electron chi connectivity index (χ0n) is 26.4. The summed E-state index contributed by atoms with van der Waals surface area (Å²) in [6.07, 6.45) is 9.85. The molecule has 0 bridgehead atoms. The summed E-state index contributed by atoms with van der Waals surface area (Å²) >= 11 is 0. The molecule has 0 saturated carbocycles. The van der Waals surface area contributed by atoms with Gasteiger partial charge in [0, 0.05) is 30.5 Å². The maximum absolute atomic E-state index is 12.5. The number of carbonyl (C=O) groups excluding carboxylic acids is 3. The lowest BCUT2D eigenvalue weighted by Crippen LogP contribution is -2.05. The molecule has 246 valence electrons. The third-order valence-corrected chi connectivity index (χ3v) is 6.33. The second-order valence-electron chi connectivity index (χ2n) is 9.84. The van der Waals surface area contributed by atoms with Crippen LogP contribution in [-0.2, 0) is 23.9 Å². The lowest BCUT2D eigenvalue weighted by molar-refractivity contribution is -0.138. The summed E-state index contributed by atoms with van der Waals surface area (Å²) in [5.41, 5.74) is 2.29. The Kier molecular flexibility index (Phi) is 15.6. The Morgan fingerprint density at radius 2 is 1.19 bits per heavy atom. The Balaban J connectivity index is 1.42. The molecule has 0 N–H and O–H groups in total. The summed E-state index contributed by atoms with van der Waals surface area (Å²) in [6, 6.07) is 19.8. The van der Waals surface area contributed by atoms with Crippen LogP contribution in [0.2, 0.25) is 0 Å². The smallest absolute Gasteiger partial charge is 0.336 e. The summed E-state index contributed by atoms with van der Waals surface area (Å²) < 4.78 is 32.2. The van der Waals surface area contributed by atoms with Crippen LogP contribution in [0, 0.1) is 0 Å². The van der Waals surface area contributed by atoms with Crippen molar-refractivity contribution in [2.75, 3.05) is 33.5 Å². The average molecular weight is 642 g/mol. The number of hydrogen-bond donors (Lipinski definition) is 0. The molecule has 0 aliphatic carbocycles. The van der Waals surface area contributed by atoms with E-state index in [2.05, 4.69) is 18.2 Å². The first-order chi connectivity index (χ1) is 22.9. The molecule has 0 aliphatic rings. The minimum Gasteiger partial charge on any atom is -0.494 e. The van der Waals surface area contributed by atoms with Gasteiger partial charge < -0.3 is 28.4 Å². The van der Waals surface area contributed by atoms with Crippen molar-refractivity contribution in [2.24, 2.45) is 4.99 Å². The maximum atomic E-state index is 12.5. The van der Waals surface area contributed by atoms with Gasteiger partial charge in [0.25, 0.3) is 0 Å². The Morgan fingerprint density at radius 1 is 0.660 bits per heavy atom. The quantitative estimate of drug-likeness (QED) is 0.0429. The van der Waals surface area contributed by atoms with Crippen LogP contribution < -0.4 is 18.9 Å².